The van der Waals surface area contributed by atoms with E-state index in [1.54, 1.807) is 0 Å². The van der Waals surface area contributed by atoms with E-state index in [2.05, 4.69) is 38.8 Å². The van der Waals surface area contributed by atoms with E-state index in [4.69, 9.17) is 0 Å². The molecule has 0 spiro atoms. The van der Waals surface area contributed by atoms with Crippen molar-refractivity contribution < 1.29 is 4.79 Å². The molecule has 4 nitrogen and oxygen atoms in total. The number of fused-ring (bicyclic) bond motifs is 1. The number of nitrogens with zero attached hydrogens (tertiary/aromatic N) is 3. The van der Waals surface area contributed by atoms with Crippen LogP contribution in [0.15, 0.2) is 29.0 Å². The summed E-state index contributed by atoms with van der Waals surface area (Å²) >= 11 is 3.65. The molecule has 0 N–H and O–H groups in total. The van der Waals surface area contributed by atoms with E-state index in [0.29, 0.717) is 12.5 Å². The predicted octanol–water partition coefficient (Wildman–Crippen LogP) is 2.51. The van der Waals surface area contributed by atoms with Crippen molar-refractivity contribution in [1.82, 2.24) is 14.7 Å². The summed E-state index contributed by atoms with van der Waals surface area (Å²) < 4.78 is 0. The Morgan fingerprint density at radius 3 is 2.62 bits per heavy atom. The van der Waals surface area contributed by atoms with Gasteiger partial charge >= 0.3 is 0 Å². The van der Waals surface area contributed by atoms with Gasteiger partial charge in [0.15, 0.2) is 0 Å². The van der Waals surface area contributed by atoms with Crippen molar-refractivity contribution in [1.29, 1.82) is 0 Å². The molecule has 2 aliphatic heterocycles. The molecule has 2 aromatic heterocycles. The first-order chi connectivity index (χ1) is 11.8. The number of amides is 1. The van der Waals surface area contributed by atoms with Gasteiger partial charge < -0.3 is 4.90 Å². The molecule has 0 bridgehead atoms. The minimum Gasteiger partial charge on any atom is -0.337 e. The van der Waals surface area contributed by atoms with Crippen LogP contribution >= 0.6 is 22.7 Å². The molecule has 6 heteroatoms. The van der Waals surface area contributed by atoms with E-state index >= 15 is 0 Å². The quantitative estimate of drug-likeness (QED) is 0.837. The molecular weight excluding hydrogens is 338 g/mol. The molecule has 4 heterocycles. The molecular formula is C18H23N3OS2. The minimum absolute atomic E-state index is 0.290. The van der Waals surface area contributed by atoms with Gasteiger partial charge in [-0.3, -0.25) is 14.6 Å². The van der Waals surface area contributed by atoms with E-state index in [0.717, 1.165) is 52.2 Å². The van der Waals surface area contributed by atoms with E-state index in [1.165, 1.54) is 15.3 Å². The van der Waals surface area contributed by atoms with Crippen molar-refractivity contribution in [3.8, 4) is 0 Å². The molecule has 4 rings (SSSR count). The van der Waals surface area contributed by atoms with Crippen molar-refractivity contribution in [3.63, 3.8) is 0 Å². The van der Waals surface area contributed by atoms with Crippen LogP contribution in [-0.4, -0.2) is 59.9 Å². The zero-order valence-corrected chi connectivity index (χ0v) is 15.5. The van der Waals surface area contributed by atoms with Gasteiger partial charge in [0.2, 0.25) is 5.91 Å². The number of thiophene rings is 2. The van der Waals surface area contributed by atoms with Gasteiger partial charge in [-0.2, -0.15) is 0 Å². The molecule has 0 unspecified atom stereocenters. The van der Waals surface area contributed by atoms with Gasteiger partial charge in [0, 0.05) is 55.6 Å². The summed E-state index contributed by atoms with van der Waals surface area (Å²) in [7, 11) is 0. The van der Waals surface area contributed by atoms with Crippen LogP contribution < -0.4 is 0 Å². The maximum Gasteiger partial charge on any atom is 0.237 e. The fourth-order valence-corrected chi connectivity index (χ4v) is 5.12. The smallest absolute Gasteiger partial charge is 0.237 e. The topological polar surface area (TPSA) is 26.8 Å². The van der Waals surface area contributed by atoms with Gasteiger partial charge in [-0.1, -0.05) is 6.07 Å². The molecule has 0 radical (unpaired) electrons. The van der Waals surface area contributed by atoms with Crippen molar-refractivity contribution in [2.24, 2.45) is 0 Å². The largest absolute Gasteiger partial charge is 0.337 e. The lowest BCUT2D eigenvalue weighted by Crippen LogP contribution is -2.50. The average Bonchev–Trinajstić information content (AvgIpc) is 3.27. The summed E-state index contributed by atoms with van der Waals surface area (Å²) in [4.78, 5) is 22.3. The Kier molecular flexibility index (Phi) is 4.98. The van der Waals surface area contributed by atoms with Crippen molar-refractivity contribution in [2.75, 3.05) is 39.3 Å². The molecule has 128 valence electrons. The third-order valence-corrected chi connectivity index (χ3v) is 6.83. The van der Waals surface area contributed by atoms with Gasteiger partial charge in [0.25, 0.3) is 0 Å². The highest BCUT2D eigenvalue weighted by atomic mass is 32.1. The Balaban J connectivity index is 1.24. The highest BCUT2D eigenvalue weighted by Gasteiger charge is 2.25. The normalized spacial score (nSPS) is 19.4. The second kappa shape index (κ2) is 7.35. The fraction of sp³-hybridized carbons (Fsp3) is 0.500. The molecule has 1 amide bonds. The number of hydrogen-bond acceptors (Lipinski definition) is 5. The van der Waals surface area contributed by atoms with Crippen LogP contribution in [-0.2, 0) is 24.3 Å². The predicted molar refractivity (Wildman–Crippen MR) is 99.5 cm³/mol. The second-order valence-electron chi connectivity index (χ2n) is 6.57. The molecule has 2 aromatic rings. The van der Waals surface area contributed by atoms with Crippen LogP contribution in [0.1, 0.15) is 15.3 Å². The van der Waals surface area contributed by atoms with E-state index in [9.17, 15) is 4.79 Å². The average molecular weight is 362 g/mol. The molecule has 2 aliphatic rings. The zero-order chi connectivity index (χ0) is 16.4. The van der Waals surface area contributed by atoms with E-state index in [-0.39, 0.29) is 0 Å². The molecule has 0 aromatic carbocycles. The summed E-state index contributed by atoms with van der Waals surface area (Å²) in [6.07, 6.45) is 1.02. The highest BCUT2D eigenvalue weighted by molar-refractivity contribution is 7.10. The summed E-state index contributed by atoms with van der Waals surface area (Å²) in [5, 5.41) is 4.28. The lowest BCUT2D eigenvalue weighted by atomic mass is 10.1. The Morgan fingerprint density at radius 2 is 1.83 bits per heavy atom. The second-order valence-corrected chi connectivity index (χ2v) is 8.60. The van der Waals surface area contributed by atoms with Crippen LogP contribution in [0.4, 0.5) is 0 Å². The summed E-state index contributed by atoms with van der Waals surface area (Å²) in [6.45, 7) is 7.41. The lowest BCUT2D eigenvalue weighted by Gasteiger charge is -2.35. The lowest BCUT2D eigenvalue weighted by molar-refractivity contribution is -0.133. The van der Waals surface area contributed by atoms with Crippen LogP contribution in [0.2, 0.25) is 0 Å². The van der Waals surface area contributed by atoms with Crippen LogP contribution in [0.5, 0.6) is 0 Å². The molecule has 0 atom stereocenters. The maximum absolute atomic E-state index is 12.6. The van der Waals surface area contributed by atoms with E-state index < -0.39 is 0 Å². The first-order valence-electron chi connectivity index (χ1n) is 8.58. The minimum atomic E-state index is 0.290. The zero-order valence-electron chi connectivity index (χ0n) is 13.8. The van der Waals surface area contributed by atoms with Gasteiger partial charge in [-0.15, -0.1) is 22.7 Å². The SMILES string of the molecule is O=C(CN1CCN(Cc2cccs2)CC1)N1CCc2sccc2C1. The number of carbonyl (C=O) groups excluding carboxylic acids is 1. The molecule has 0 saturated carbocycles. The Bertz CT molecular complexity index is 674. The van der Waals surface area contributed by atoms with Crippen LogP contribution in [0.3, 0.4) is 0 Å². The number of piperazine rings is 1. The summed E-state index contributed by atoms with van der Waals surface area (Å²) in [5.41, 5.74) is 1.35. The summed E-state index contributed by atoms with van der Waals surface area (Å²) in [5.74, 6) is 0.290. The van der Waals surface area contributed by atoms with Crippen molar-refractivity contribution in [3.05, 3.63) is 44.3 Å². The third-order valence-electron chi connectivity index (χ3n) is 4.94. The maximum atomic E-state index is 12.6. The van der Waals surface area contributed by atoms with Crippen LogP contribution in [0, 0.1) is 0 Å². The molecule has 24 heavy (non-hydrogen) atoms. The van der Waals surface area contributed by atoms with E-state index in [1.807, 2.05) is 27.6 Å². The van der Waals surface area contributed by atoms with Crippen molar-refractivity contribution in [2.45, 2.75) is 19.5 Å². The molecule has 1 fully saturated rings. The van der Waals surface area contributed by atoms with Crippen molar-refractivity contribution >= 4 is 28.6 Å². The number of hydrogen-bond donors (Lipinski definition) is 0. The van der Waals surface area contributed by atoms with Crippen LogP contribution in [0.25, 0.3) is 0 Å². The Hall–Kier alpha value is -1.21. The van der Waals surface area contributed by atoms with Gasteiger partial charge in [0.1, 0.15) is 0 Å². The molecule has 1 saturated heterocycles. The standard InChI is InChI=1S/C18H23N3OS2/c22-18(21-5-3-17-15(12-21)4-11-24-17)14-20-8-6-19(7-9-20)13-16-2-1-10-23-16/h1-2,4,10-11H,3,5-9,12-14H2. The molecule has 0 aliphatic carbocycles. The monoisotopic (exact) mass is 361 g/mol. The first-order valence-corrected chi connectivity index (χ1v) is 10.3. The number of rotatable bonds is 4. The summed E-state index contributed by atoms with van der Waals surface area (Å²) in [6, 6.07) is 6.49. The van der Waals surface area contributed by atoms with Gasteiger partial charge in [0.05, 0.1) is 6.54 Å². The number of carbonyl (C=O) groups is 1. The fourth-order valence-electron chi connectivity index (χ4n) is 3.48. The van der Waals surface area contributed by atoms with Gasteiger partial charge in [-0.25, -0.2) is 0 Å². The third kappa shape index (κ3) is 3.72. The Labute approximate surface area is 151 Å². The first kappa shape index (κ1) is 16.3. The highest BCUT2D eigenvalue weighted by Crippen LogP contribution is 2.24. The van der Waals surface area contributed by atoms with Gasteiger partial charge in [-0.05, 0) is 34.9 Å². The Morgan fingerprint density at radius 1 is 1.00 bits per heavy atom.